The maximum atomic E-state index is 4.92. The van der Waals surface area contributed by atoms with Crippen LogP contribution in [0.3, 0.4) is 0 Å². The zero-order valence-electron chi connectivity index (χ0n) is 26.9. The Morgan fingerprint density at radius 3 is 0.595 bits per heavy atom. The average Bonchev–Trinajstić information content (AvgIpc) is 2.87. The van der Waals surface area contributed by atoms with Crippen LogP contribution in [0.2, 0.25) is 0 Å². The Hall–Kier alpha value is 1.50. The zero-order valence-corrected chi connectivity index (χ0v) is 31.3. The fraction of sp³-hybridized carbons (Fsp3) is 0.941. The molecule has 0 aliphatic heterocycles. The van der Waals surface area contributed by atoms with Gasteiger partial charge in [0, 0.05) is 0 Å². The van der Waals surface area contributed by atoms with Gasteiger partial charge in [0.2, 0.25) is 0 Å². The molecule has 0 saturated carbocycles. The van der Waals surface area contributed by atoms with E-state index in [1.807, 2.05) is 40.5 Å². The number of unbranched alkanes of at least 4 members (excludes halogenated alkanes) is 22. The van der Waals surface area contributed by atoms with Crippen molar-refractivity contribution in [3.05, 3.63) is 12.8 Å². The zero-order chi connectivity index (χ0) is 27.8. The molecule has 0 aliphatic carbocycles. The smallest absolute Gasteiger partial charge is 0.793 e. The largest absolute Gasteiger partial charge is 2.00 e. The summed E-state index contributed by atoms with van der Waals surface area (Å²) in [5.41, 5.74) is 0. The molecule has 0 amide bonds. The van der Waals surface area contributed by atoms with E-state index in [2.05, 4.69) is 13.8 Å². The molecule has 0 rings (SSSR count). The minimum absolute atomic E-state index is 0. The summed E-state index contributed by atoms with van der Waals surface area (Å²) in [5.74, 6) is 1.91. The number of rotatable bonds is 24. The summed E-state index contributed by atoms with van der Waals surface area (Å²) in [6, 6.07) is 0. The molecule has 224 valence electrons. The van der Waals surface area contributed by atoms with Crippen molar-refractivity contribution in [2.75, 3.05) is 11.5 Å². The molecular weight excluding hydrogens is 591 g/mol. The van der Waals surface area contributed by atoms with E-state index >= 15 is 0 Å². The van der Waals surface area contributed by atoms with Crippen LogP contribution in [-0.4, -0.2) is 35.4 Å². The summed E-state index contributed by atoms with van der Waals surface area (Å²) >= 11 is 9.84. The molecule has 4 radical (unpaired) electrons. The first kappa shape index (κ1) is 48.2. The molecule has 0 atom stereocenters. The first-order chi connectivity index (χ1) is 17.7. The molecule has 0 spiro atoms. The SMILES string of the molecule is CCCCCCCCCCCCCC[S-].CCCCCCCCCCCCCC[S-].C[CH]C.C[CH]C.[Sn+2]. The van der Waals surface area contributed by atoms with Gasteiger partial charge in [0.25, 0.3) is 0 Å². The predicted molar refractivity (Wildman–Crippen MR) is 184 cm³/mol. The molecular formula is C34H72S2Sn. The van der Waals surface area contributed by atoms with Gasteiger partial charge in [-0.2, -0.15) is 11.5 Å². The average molecular weight is 664 g/mol. The van der Waals surface area contributed by atoms with Gasteiger partial charge in [-0.05, 0) is 12.8 Å². The second-order valence-corrected chi connectivity index (χ2v) is 11.2. The molecule has 0 saturated heterocycles. The van der Waals surface area contributed by atoms with E-state index in [1.54, 1.807) is 0 Å². The summed E-state index contributed by atoms with van der Waals surface area (Å²) in [4.78, 5) is 0. The van der Waals surface area contributed by atoms with E-state index in [0.717, 1.165) is 11.5 Å². The molecule has 0 N–H and O–H groups in total. The Bertz CT molecular complexity index is 235. The fourth-order valence-electron chi connectivity index (χ4n) is 3.89. The molecule has 0 aromatic carbocycles. The van der Waals surface area contributed by atoms with Crippen LogP contribution in [0.4, 0.5) is 0 Å². The maximum absolute atomic E-state index is 4.92. The third-order valence-corrected chi connectivity index (χ3v) is 6.57. The third kappa shape index (κ3) is 72.7. The normalized spacial score (nSPS) is 9.73. The van der Waals surface area contributed by atoms with Gasteiger partial charge in [-0.15, -0.1) is 0 Å². The van der Waals surface area contributed by atoms with Crippen LogP contribution in [0.15, 0.2) is 0 Å². The van der Waals surface area contributed by atoms with Crippen LogP contribution in [-0.2, 0) is 25.3 Å². The molecule has 0 fully saturated rings. The molecule has 3 heteroatoms. The number of hydrogen-bond acceptors (Lipinski definition) is 2. The van der Waals surface area contributed by atoms with Crippen molar-refractivity contribution in [1.29, 1.82) is 0 Å². The molecule has 0 aliphatic rings. The van der Waals surface area contributed by atoms with Crippen molar-refractivity contribution in [2.24, 2.45) is 0 Å². The summed E-state index contributed by atoms with van der Waals surface area (Å²) in [6.45, 7) is 12.6. The van der Waals surface area contributed by atoms with E-state index in [9.17, 15) is 0 Å². The first-order valence-electron chi connectivity index (χ1n) is 16.3. The van der Waals surface area contributed by atoms with Gasteiger partial charge in [0.15, 0.2) is 0 Å². The second kappa shape index (κ2) is 57.4. The minimum Gasteiger partial charge on any atom is -0.793 e. The van der Waals surface area contributed by atoms with Crippen LogP contribution in [0.5, 0.6) is 0 Å². The van der Waals surface area contributed by atoms with Crippen molar-refractivity contribution < 1.29 is 0 Å². The Morgan fingerprint density at radius 2 is 0.459 bits per heavy atom. The van der Waals surface area contributed by atoms with Crippen molar-refractivity contribution in [2.45, 2.75) is 196 Å². The van der Waals surface area contributed by atoms with Crippen LogP contribution in [0.1, 0.15) is 196 Å². The Kier molecular flexibility index (Phi) is 74.8. The van der Waals surface area contributed by atoms with E-state index in [4.69, 9.17) is 25.3 Å². The van der Waals surface area contributed by atoms with Gasteiger partial charge in [0.05, 0.1) is 0 Å². The minimum atomic E-state index is 0. The summed E-state index contributed by atoms with van der Waals surface area (Å²) in [5, 5.41) is 0. The topological polar surface area (TPSA) is 0 Å². The molecule has 0 bridgehead atoms. The fourth-order valence-corrected chi connectivity index (χ4v) is 4.29. The standard InChI is InChI=1S/2C14H30S.2C3H7.Sn/c2*1-2-3-4-5-6-7-8-9-10-11-12-13-14-15;2*1-3-2;/h2*15H,2-14H2,1H3;2*3H,1-2H3;/q;;;;+2/p-2. The Balaban J connectivity index is -0.000000148. The van der Waals surface area contributed by atoms with E-state index in [1.165, 1.54) is 154 Å². The second-order valence-electron chi connectivity index (χ2n) is 10.3. The summed E-state index contributed by atoms with van der Waals surface area (Å²) in [7, 11) is 0. The summed E-state index contributed by atoms with van der Waals surface area (Å²) < 4.78 is 0. The predicted octanol–water partition coefficient (Wildman–Crippen LogP) is 12.5. The molecule has 0 aromatic rings. The quantitative estimate of drug-likeness (QED) is 0.0573. The van der Waals surface area contributed by atoms with E-state index in [0.29, 0.717) is 0 Å². The van der Waals surface area contributed by atoms with E-state index in [-0.39, 0.29) is 23.9 Å². The molecule has 0 unspecified atom stereocenters. The van der Waals surface area contributed by atoms with E-state index < -0.39 is 0 Å². The van der Waals surface area contributed by atoms with Crippen molar-refractivity contribution >= 4 is 49.2 Å². The molecule has 37 heavy (non-hydrogen) atoms. The van der Waals surface area contributed by atoms with Crippen LogP contribution < -0.4 is 0 Å². The van der Waals surface area contributed by atoms with Crippen molar-refractivity contribution in [3.63, 3.8) is 0 Å². The monoisotopic (exact) mass is 664 g/mol. The molecule has 0 nitrogen and oxygen atoms in total. The molecule has 0 aromatic heterocycles. The number of hydrogen-bond donors (Lipinski definition) is 0. The summed E-state index contributed by atoms with van der Waals surface area (Å²) in [6.07, 6.45) is 38.0. The van der Waals surface area contributed by atoms with Gasteiger partial charge in [-0.3, -0.25) is 0 Å². The van der Waals surface area contributed by atoms with Gasteiger partial charge in [0.1, 0.15) is 0 Å². The maximum Gasteiger partial charge on any atom is 2.00 e. The van der Waals surface area contributed by atoms with Gasteiger partial charge < -0.3 is 25.3 Å². The first-order valence-corrected chi connectivity index (χ1v) is 17.5. The van der Waals surface area contributed by atoms with Crippen LogP contribution in [0.25, 0.3) is 0 Å². The Morgan fingerprint density at radius 1 is 0.324 bits per heavy atom. The van der Waals surface area contributed by atoms with Crippen LogP contribution in [0, 0.1) is 12.8 Å². The van der Waals surface area contributed by atoms with Gasteiger partial charge in [-0.25, -0.2) is 0 Å². The van der Waals surface area contributed by atoms with Crippen molar-refractivity contribution in [1.82, 2.24) is 0 Å². The molecule has 0 heterocycles. The third-order valence-electron chi connectivity index (χ3n) is 6.00. The Labute approximate surface area is 267 Å². The van der Waals surface area contributed by atoms with Gasteiger partial charge in [-0.1, -0.05) is 196 Å². The van der Waals surface area contributed by atoms with Crippen LogP contribution >= 0.6 is 0 Å². The van der Waals surface area contributed by atoms with Gasteiger partial charge >= 0.3 is 23.9 Å². The van der Waals surface area contributed by atoms with Crippen molar-refractivity contribution in [3.8, 4) is 0 Å².